The highest BCUT2D eigenvalue weighted by Gasteiger charge is 2.27. The maximum Gasteiger partial charge on any atom is 0.0622 e. The van der Waals surface area contributed by atoms with Crippen LogP contribution < -0.4 is 9.80 Å². The average molecular weight is 758 g/mol. The molecule has 9 rings (SSSR count). The lowest BCUT2D eigenvalue weighted by molar-refractivity contribution is 1.16. The van der Waals surface area contributed by atoms with Crippen LogP contribution in [0.1, 0.15) is 72.3 Å². The second-order valence-electron chi connectivity index (χ2n) is 17.3. The number of fused-ring (bicyclic) bond motifs is 6. The van der Waals surface area contributed by atoms with Gasteiger partial charge in [-0.3, -0.25) is 0 Å². The van der Waals surface area contributed by atoms with Crippen LogP contribution in [0.5, 0.6) is 0 Å². The molecule has 0 N–H and O–H groups in total. The second-order valence-corrected chi connectivity index (χ2v) is 17.3. The SMILES string of the molecule is Cc1cc(N(c2cc(C)c(C)c(C)c2)c2cccc3c2c2cccc4c5c(N(c6cc(C)c(C)c(C)c6)c6cc(C)c(C)c(C)c6C)cccc5n3c24)cc(C)c1C. The third kappa shape index (κ3) is 5.47. The summed E-state index contributed by atoms with van der Waals surface area (Å²) in [6, 6.07) is 37.4. The highest BCUT2D eigenvalue weighted by Crippen LogP contribution is 2.50. The van der Waals surface area contributed by atoms with E-state index >= 15 is 0 Å². The molecule has 3 nitrogen and oxygen atoms in total. The van der Waals surface area contributed by atoms with Crippen molar-refractivity contribution in [1.29, 1.82) is 0 Å². The molecular formula is C55H55N3. The normalized spacial score (nSPS) is 11.9. The molecule has 0 atom stereocenters. The molecule has 2 aromatic heterocycles. The van der Waals surface area contributed by atoms with Crippen LogP contribution in [0.4, 0.5) is 34.1 Å². The van der Waals surface area contributed by atoms with E-state index in [-0.39, 0.29) is 0 Å². The summed E-state index contributed by atoms with van der Waals surface area (Å²) in [5.74, 6) is 0. The van der Waals surface area contributed by atoms with Gasteiger partial charge >= 0.3 is 0 Å². The number of para-hydroxylation sites is 1. The Morgan fingerprint density at radius 3 is 1.12 bits per heavy atom. The molecule has 2 heterocycles. The van der Waals surface area contributed by atoms with Crippen molar-refractivity contribution in [3.05, 3.63) is 169 Å². The molecule has 290 valence electrons. The first-order chi connectivity index (χ1) is 27.7. The van der Waals surface area contributed by atoms with E-state index in [4.69, 9.17) is 0 Å². The van der Waals surface area contributed by atoms with Crippen molar-refractivity contribution in [2.24, 2.45) is 0 Å². The number of hydrogen-bond acceptors (Lipinski definition) is 2. The minimum absolute atomic E-state index is 1.19. The van der Waals surface area contributed by atoms with Crippen molar-refractivity contribution in [3.63, 3.8) is 0 Å². The van der Waals surface area contributed by atoms with Crippen molar-refractivity contribution in [2.75, 3.05) is 9.80 Å². The molecule has 0 aliphatic carbocycles. The van der Waals surface area contributed by atoms with Crippen LogP contribution in [0, 0.1) is 90.0 Å². The first kappa shape index (κ1) is 37.5. The monoisotopic (exact) mass is 757 g/mol. The average Bonchev–Trinajstić information content (AvgIpc) is 3.73. The van der Waals surface area contributed by atoms with E-state index in [0.29, 0.717) is 0 Å². The van der Waals surface area contributed by atoms with E-state index in [1.807, 2.05) is 0 Å². The van der Waals surface area contributed by atoms with Crippen LogP contribution in [0.25, 0.3) is 38.1 Å². The highest BCUT2D eigenvalue weighted by atomic mass is 15.2. The van der Waals surface area contributed by atoms with Crippen LogP contribution in [-0.4, -0.2) is 4.40 Å². The molecule has 0 aliphatic rings. The predicted molar refractivity (Wildman–Crippen MR) is 252 cm³/mol. The summed E-state index contributed by atoms with van der Waals surface area (Å²) >= 11 is 0. The van der Waals surface area contributed by atoms with Gasteiger partial charge in [-0.1, -0.05) is 30.3 Å². The van der Waals surface area contributed by atoms with Crippen molar-refractivity contribution in [1.82, 2.24) is 4.40 Å². The van der Waals surface area contributed by atoms with Gasteiger partial charge in [0.1, 0.15) is 0 Å². The Morgan fingerprint density at radius 1 is 0.328 bits per heavy atom. The minimum Gasteiger partial charge on any atom is -0.310 e. The zero-order valence-corrected chi connectivity index (χ0v) is 36.6. The molecule has 0 spiro atoms. The fraction of sp³-hybridized carbons (Fsp3) is 0.236. The lowest BCUT2D eigenvalue weighted by atomic mass is 9.95. The van der Waals surface area contributed by atoms with Crippen molar-refractivity contribution >= 4 is 72.2 Å². The Hall–Kier alpha value is -6.06. The summed E-state index contributed by atoms with van der Waals surface area (Å²) in [5, 5.41) is 5.07. The third-order valence-corrected chi connectivity index (χ3v) is 14.0. The molecule has 3 heteroatoms. The lowest BCUT2D eigenvalue weighted by Crippen LogP contribution is -2.14. The van der Waals surface area contributed by atoms with Crippen LogP contribution >= 0.6 is 0 Å². The van der Waals surface area contributed by atoms with Crippen molar-refractivity contribution in [3.8, 4) is 0 Å². The molecular weight excluding hydrogens is 703 g/mol. The molecule has 0 fully saturated rings. The van der Waals surface area contributed by atoms with Gasteiger partial charge in [-0.05, 0) is 229 Å². The summed E-state index contributed by atoms with van der Waals surface area (Å²) < 4.78 is 2.54. The van der Waals surface area contributed by atoms with E-state index in [9.17, 15) is 0 Å². The molecule has 0 saturated carbocycles. The number of hydrogen-bond donors (Lipinski definition) is 0. The Morgan fingerprint density at radius 2 is 0.690 bits per heavy atom. The summed E-state index contributed by atoms with van der Waals surface area (Å²) in [4.78, 5) is 5.04. The van der Waals surface area contributed by atoms with E-state index in [2.05, 4.69) is 201 Å². The van der Waals surface area contributed by atoms with Crippen molar-refractivity contribution in [2.45, 2.75) is 90.0 Å². The number of aromatic nitrogens is 1. The smallest absolute Gasteiger partial charge is 0.0622 e. The largest absolute Gasteiger partial charge is 0.310 e. The van der Waals surface area contributed by atoms with Crippen LogP contribution in [-0.2, 0) is 0 Å². The molecule has 0 aliphatic heterocycles. The standard InChI is InChI=1S/C55H55N3/c1-30-23-43(24-31(2)37(30)8)56(44-25-32(3)38(9)33(4)26-44)48-19-15-21-50-53(48)46-17-14-18-47-54-49(20-16-22-51(54)58(50)55(46)47)57(45-27-34(5)39(10)35(6)28-45)52-29-36(7)40(11)41(12)42(52)13/h14-29H,1-13H3. The Bertz CT molecular complexity index is 3030. The van der Waals surface area contributed by atoms with Gasteiger partial charge in [0.2, 0.25) is 0 Å². The summed E-state index contributed by atoms with van der Waals surface area (Å²) in [6.45, 7) is 29.2. The molecule has 9 aromatic rings. The molecule has 58 heavy (non-hydrogen) atoms. The second kappa shape index (κ2) is 13.5. The Kier molecular flexibility index (Phi) is 8.74. The fourth-order valence-electron chi connectivity index (χ4n) is 9.60. The number of benzene rings is 7. The fourth-order valence-corrected chi connectivity index (χ4v) is 9.60. The zero-order valence-electron chi connectivity index (χ0n) is 36.6. The van der Waals surface area contributed by atoms with Crippen LogP contribution in [0.3, 0.4) is 0 Å². The maximum atomic E-state index is 2.54. The predicted octanol–water partition coefficient (Wildman–Crippen LogP) is 15.8. The molecule has 7 aromatic carbocycles. The van der Waals surface area contributed by atoms with Crippen LogP contribution in [0.15, 0.2) is 97.1 Å². The molecule has 0 radical (unpaired) electrons. The summed E-state index contributed by atoms with van der Waals surface area (Å²) in [5.41, 5.74) is 28.1. The molecule has 0 saturated heterocycles. The Labute approximate surface area is 344 Å². The van der Waals surface area contributed by atoms with E-state index in [0.717, 1.165) is 0 Å². The van der Waals surface area contributed by atoms with E-state index < -0.39 is 0 Å². The van der Waals surface area contributed by atoms with Crippen LogP contribution in [0.2, 0.25) is 0 Å². The number of nitrogens with zero attached hydrogens (tertiary/aromatic N) is 3. The topological polar surface area (TPSA) is 10.9 Å². The Balaban J connectivity index is 1.38. The summed E-state index contributed by atoms with van der Waals surface area (Å²) in [7, 11) is 0. The zero-order chi connectivity index (χ0) is 41.1. The van der Waals surface area contributed by atoms with E-state index in [1.54, 1.807) is 0 Å². The van der Waals surface area contributed by atoms with Gasteiger partial charge < -0.3 is 14.2 Å². The molecule has 0 amide bonds. The quantitative estimate of drug-likeness (QED) is 0.167. The number of anilines is 6. The minimum atomic E-state index is 1.19. The van der Waals surface area contributed by atoms with Gasteiger partial charge in [-0.15, -0.1) is 0 Å². The molecule has 0 unspecified atom stereocenters. The van der Waals surface area contributed by atoms with Gasteiger partial charge in [-0.25, -0.2) is 0 Å². The lowest BCUT2D eigenvalue weighted by Gasteiger charge is -2.30. The summed E-state index contributed by atoms with van der Waals surface area (Å²) in [6.07, 6.45) is 0. The first-order valence-corrected chi connectivity index (χ1v) is 20.8. The highest BCUT2D eigenvalue weighted by molar-refractivity contribution is 6.28. The van der Waals surface area contributed by atoms with Gasteiger partial charge in [-0.2, -0.15) is 0 Å². The van der Waals surface area contributed by atoms with Crippen molar-refractivity contribution < 1.29 is 0 Å². The van der Waals surface area contributed by atoms with Gasteiger partial charge in [0.25, 0.3) is 0 Å². The number of aryl methyl sites for hydroxylation is 7. The maximum absolute atomic E-state index is 2.54. The van der Waals surface area contributed by atoms with E-state index in [1.165, 1.54) is 145 Å². The van der Waals surface area contributed by atoms with Gasteiger partial charge in [0.05, 0.1) is 27.9 Å². The first-order valence-electron chi connectivity index (χ1n) is 20.8. The third-order valence-electron chi connectivity index (χ3n) is 14.0. The number of rotatable bonds is 6. The molecule has 0 bridgehead atoms. The van der Waals surface area contributed by atoms with Gasteiger partial charge in [0, 0.05) is 44.3 Å². The van der Waals surface area contributed by atoms with Gasteiger partial charge in [0.15, 0.2) is 0 Å².